The summed E-state index contributed by atoms with van der Waals surface area (Å²) in [7, 11) is 0. The number of benzene rings is 1. The standard InChI is InChI=1S/C36H50N8O4/c1-22-17-27(45)21-43(22)35(48)32(36(2,3)4)39-34(47)23-9-11-25(12-10-23)42-15-13-26(14-16-42)44-20-24(19-38-44)29-18-30(40-41-33(29)37)28-7-5-6-8-31(28)46/h5-8,18-20,22-23,25-27,32,45-46H,9-17,21H2,1-4H3,(H2,37,41)(H,39,47)/t22-,23?,25?,27-,32-/m1/s1. The molecule has 3 aromatic rings. The number of hydrogen-bond acceptors (Lipinski definition) is 9. The van der Waals surface area contributed by atoms with Gasteiger partial charge in [0.1, 0.15) is 11.8 Å². The smallest absolute Gasteiger partial charge is 0.246 e. The van der Waals surface area contributed by atoms with E-state index in [1.165, 1.54) is 0 Å². The van der Waals surface area contributed by atoms with Crippen molar-refractivity contribution in [2.75, 3.05) is 25.4 Å². The molecule has 0 unspecified atom stereocenters. The van der Waals surface area contributed by atoms with Crippen LogP contribution in [0.5, 0.6) is 5.75 Å². The van der Waals surface area contributed by atoms with Crippen molar-refractivity contribution in [1.82, 2.24) is 35.1 Å². The van der Waals surface area contributed by atoms with Crippen LogP contribution in [0.25, 0.3) is 22.4 Å². The lowest BCUT2D eigenvalue weighted by atomic mass is 9.82. The number of nitrogens with one attached hydrogen (secondary N) is 1. The van der Waals surface area contributed by atoms with Crippen LogP contribution in [0.1, 0.15) is 78.7 Å². The first-order chi connectivity index (χ1) is 22.9. The average Bonchev–Trinajstić information content (AvgIpc) is 3.69. The van der Waals surface area contributed by atoms with Crippen LogP contribution in [0.2, 0.25) is 0 Å². The predicted molar refractivity (Wildman–Crippen MR) is 184 cm³/mol. The molecule has 0 radical (unpaired) electrons. The number of aliphatic hydroxyl groups is 1. The summed E-state index contributed by atoms with van der Waals surface area (Å²) in [5.74, 6) is 0.229. The van der Waals surface area contributed by atoms with Gasteiger partial charge in [-0.25, -0.2) is 0 Å². The summed E-state index contributed by atoms with van der Waals surface area (Å²) in [6.45, 7) is 10.2. The maximum atomic E-state index is 13.5. The van der Waals surface area contributed by atoms with Crippen LogP contribution >= 0.6 is 0 Å². The van der Waals surface area contributed by atoms with Gasteiger partial charge in [-0.15, -0.1) is 10.2 Å². The lowest BCUT2D eigenvalue weighted by Crippen LogP contribution is -2.57. The minimum Gasteiger partial charge on any atom is -0.507 e. The van der Waals surface area contributed by atoms with Crippen LogP contribution < -0.4 is 11.1 Å². The fourth-order valence-corrected chi connectivity index (χ4v) is 7.73. The molecule has 1 saturated carbocycles. The summed E-state index contributed by atoms with van der Waals surface area (Å²) in [5.41, 5.74) is 8.52. The molecule has 1 aliphatic carbocycles. The van der Waals surface area contributed by atoms with E-state index in [-0.39, 0.29) is 35.6 Å². The van der Waals surface area contributed by atoms with Gasteiger partial charge in [-0.05, 0) is 75.5 Å². The molecule has 5 N–H and O–H groups in total. The van der Waals surface area contributed by atoms with Crippen molar-refractivity contribution in [2.45, 2.75) is 103 Å². The summed E-state index contributed by atoms with van der Waals surface area (Å²) in [5, 5.41) is 36.5. The zero-order valence-corrected chi connectivity index (χ0v) is 28.5. The molecular formula is C36H50N8O4. The molecule has 3 aliphatic rings. The van der Waals surface area contributed by atoms with E-state index in [1.54, 1.807) is 23.1 Å². The van der Waals surface area contributed by atoms with Gasteiger partial charge >= 0.3 is 0 Å². The van der Waals surface area contributed by atoms with E-state index < -0.39 is 17.6 Å². The molecule has 48 heavy (non-hydrogen) atoms. The number of hydrogen-bond donors (Lipinski definition) is 4. The number of aliphatic hydroxyl groups excluding tert-OH is 1. The number of carbonyl (C=O) groups is 2. The fourth-order valence-electron chi connectivity index (χ4n) is 7.73. The Kier molecular flexibility index (Phi) is 9.76. The molecule has 2 aliphatic heterocycles. The van der Waals surface area contributed by atoms with Gasteiger partial charge in [0.25, 0.3) is 0 Å². The molecule has 2 saturated heterocycles. The van der Waals surface area contributed by atoms with Crippen molar-refractivity contribution in [3.8, 4) is 28.1 Å². The Morgan fingerprint density at radius 1 is 1.00 bits per heavy atom. The van der Waals surface area contributed by atoms with Crippen molar-refractivity contribution in [3.63, 3.8) is 0 Å². The van der Waals surface area contributed by atoms with E-state index in [4.69, 9.17) is 10.8 Å². The zero-order chi connectivity index (χ0) is 34.2. The Morgan fingerprint density at radius 3 is 2.35 bits per heavy atom. The van der Waals surface area contributed by atoms with Gasteiger partial charge in [0.2, 0.25) is 11.8 Å². The molecule has 12 nitrogen and oxygen atoms in total. The van der Waals surface area contributed by atoms with Crippen LogP contribution in [0.15, 0.2) is 42.7 Å². The van der Waals surface area contributed by atoms with Gasteiger partial charge in [-0.3, -0.25) is 14.3 Å². The van der Waals surface area contributed by atoms with E-state index in [2.05, 4.69) is 20.4 Å². The second kappa shape index (κ2) is 13.8. The minimum atomic E-state index is -0.622. The predicted octanol–water partition coefficient (Wildman–Crippen LogP) is 4.00. The summed E-state index contributed by atoms with van der Waals surface area (Å²) in [6.07, 6.45) is 9.41. The highest BCUT2D eigenvalue weighted by molar-refractivity contribution is 5.89. The number of aromatic nitrogens is 4. The molecule has 0 bridgehead atoms. The van der Waals surface area contributed by atoms with Gasteiger partial charge in [0.15, 0.2) is 5.82 Å². The van der Waals surface area contributed by atoms with Crippen molar-refractivity contribution < 1.29 is 19.8 Å². The first kappa shape index (κ1) is 33.9. The second-order valence-electron chi connectivity index (χ2n) is 15.1. The molecule has 4 heterocycles. The first-order valence-corrected chi connectivity index (χ1v) is 17.4. The SMILES string of the molecule is C[C@@H]1C[C@@H](O)CN1C(=O)[C@@H](NC(=O)C1CCC(N2CCC(n3cc(-c4cc(-c5ccccc5O)nnc4N)cn3)CC2)CC1)C(C)(C)C. The number of phenols is 1. The van der Waals surface area contributed by atoms with Crippen LogP contribution in [-0.4, -0.2) is 95.7 Å². The summed E-state index contributed by atoms with van der Waals surface area (Å²) in [4.78, 5) is 31.2. The highest BCUT2D eigenvalue weighted by Gasteiger charge is 2.42. The molecule has 3 atom stereocenters. The highest BCUT2D eigenvalue weighted by atomic mass is 16.3. The number of β-amino-alcohol motifs (C(OH)–C–C–N with tert-alkyl or cyclic N) is 1. The zero-order valence-electron chi connectivity index (χ0n) is 28.5. The van der Waals surface area contributed by atoms with E-state index >= 15 is 0 Å². The monoisotopic (exact) mass is 658 g/mol. The topological polar surface area (TPSA) is 163 Å². The summed E-state index contributed by atoms with van der Waals surface area (Å²) >= 11 is 0. The summed E-state index contributed by atoms with van der Waals surface area (Å²) < 4.78 is 2.03. The minimum absolute atomic E-state index is 0.0277. The van der Waals surface area contributed by atoms with Crippen molar-refractivity contribution in [2.24, 2.45) is 11.3 Å². The van der Waals surface area contributed by atoms with Gasteiger partial charge in [-0.2, -0.15) is 5.10 Å². The first-order valence-electron chi connectivity index (χ1n) is 17.4. The van der Waals surface area contributed by atoms with Crippen molar-refractivity contribution in [1.29, 1.82) is 0 Å². The number of nitrogens with zero attached hydrogens (tertiary/aromatic N) is 6. The number of nitrogens with two attached hydrogens (primary N) is 1. The van der Waals surface area contributed by atoms with Crippen molar-refractivity contribution in [3.05, 3.63) is 42.7 Å². The maximum absolute atomic E-state index is 13.5. The molecule has 258 valence electrons. The van der Waals surface area contributed by atoms with Gasteiger partial charge in [-0.1, -0.05) is 32.9 Å². The number of anilines is 1. The van der Waals surface area contributed by atoms with Gasteiger partial charge < -0.3 is 31.1 Å². The molecule has 12 heteroatoms. The number of phenolic OH excluding ortho intramolecular Hbond substituents is 1. The number of nitrogen functional groups attached to an aromatic ring is 1. The van der Waals surface area contributed by atoms with E-state index in [0.717, 1.165) is 62.7 Å². The molecule has 2 aromatic heterocycles. The lowest BCUT2D eigenvalue weighted by Gasteiger charge is -2.41. The number of para-hydroxylation sites is 1. The quantitative estimate of drug-likeness (QED) is 0.294. The Morgan fingerprint density at radius 2 is 1.71 bits per heavy atom. The summed E-state index contributed by atoms with van der Waals surface area (Å²) in [6, 6.07) is 8.94. The number of likely N-dealkylation sites (tertiary alicyclic amines) is 2. The molecule has 3 fully saturated rings. The van der Waals surface area contributed by atoms with Crippen LogP contribution in [-0.2, 0) is 9.59 Å². The Hall–Kier alpha value is -4.03. The van der Waals surface area contributed by atoms with Crippen LogP contribution in [0.3, 0.4) is 0 Å². The molecular weight excluding hydrogens is 608 g/mol. The lowest BCUT2D eigenvalue weighted by molar-refractivity contribution is -0.141. The normalized spacial score (nSPS) is 24.8. The average molecular weight is 659 g/mol. The van der Waals surface area contributed by atoms with Crippen LogP contribution in [0.4, 0.5) is 5.82 Å². The second-order valence-corrected chi connectivity index (χ2v) is 15.1. The third-order valence-corrected chi connectivity index (χ3v) is 10.6. The number of aromatic hydroxyl groups is 1. The molecule has 0 spiro atoms. The largest absolute Gasteiger partial charge is 0.507 e. The highest BCUT2D eigenvalue weighted by Crippen LogP contribution is 2.35. The van der Waals surface area contributed by atoms with Gasteiger partial charge in [0.05, 0.1) is 24.0 Å². The number of carbonyl (C=O) groups excluding carboxylic acids is 2. The number of amides is 2. The molecule has 2 amide bonds. The van der Waals surface area contributed by atoms with Crippen molar-refractivity contribution >= 4 is 17.6 Å². The molecule has 1 aromatic carbocycles. The Balaban J connectivity index is 1.01. The Labute approximate surface area is 282 Å². The van der Waals surface area contributed by atoms with E-state index in [9.17, 15) is 19.8 Å². The third-order valence-electron chi connectivity index (χ3n) is 10.6. The maximum Gasteiger partial charge on any atom is 0.246 e. The van der Waals surface area contributed by atoms with Crippen LogP contribution in [0, 0.1) is 11.3 Å². The van der Waals surface area contributed by atoms with E-state index in [1.807, 2.05) is 56.9 Å². The fraction of sp³-hybridized carbons (Fsp3) is 0.583. The Bertz CT molecular complexity index is 1600. The third kappa shape index (κ3) is 7.19. The van der Waals surface area contributed by atoms with E-state index in [0.29, 0.717) is 36.1 Å². The molecule has 6 rings (SSSR count). The number of rotatable bonds is 7. The number of piperidine rings is 1. The van der Waals surface area contributed by atoms with Gasteiger partial charge in [0, 0.05) is 60.5 Å².